The van der Waals surface area contributed by atoms with Gasteiger partial charge in [0.05, 0.1) is 28.1 Å². The number of hydrogen-bond donors (Lipinski definition) is 1. The summed E-state index contributed by atoms with van der Waals surface area (Å²) in [7, 11) is 3.89. The van der Waals surface area contributed by atoms with Gasteiger partial charge >= 0.3 is 0 Å². The molecule has 18 heavy (non-hydrogen) atoms. The molecule has 0 saturated heterocycles. The second-order valence-electron chi connectivity index (χ2n) is 4.52. The van der Waals surface area contributed by atoms with E-state index >= 15 is 0 Å². The maximum Gasteiger partial charge on any atom is 0.0927 e. The quantitative estimate of drug-likeness (QED) is 0.942. The van der Waals surface area contributed by atoms with Crippen LogP contribution in [0.25, 0.3) is 0 Å². The summed E-state index contributed by atoms with van der Waals surface area (Å²) in [5.74, 6) is 0. The molecule has 98 valence electrons. The highest BCUT2D eigenvalue weighted by molar-refractivity contribution is 9.10. The van der Waals surface area contributed by atoms with Crippen molar-refractivity contribution in [3.05, 3.63) is 34.3 Å². The molecule has 2 heterocycles. The van der Waals surface area contributed by atoms with Crippen LogP contribution in [0.15, 0.2) is 22.9 Å². The molecular weight excluding hydrogens is 294 g/mol. The smallest absolute Gasteiger partial charge is 0.0927 e. The van der Waals surface area contributed by atoms with Gasteiger partial charge in [0.25, 0.3) is 0 Å². The fourth-order valence-electron chi connectivity index (χ4n) is 2.12. The first-order valence-electron chi connectivity index (χ1n) is 5.94. The molecule has 0 spiro atoms. The van der Waals surface area contributed by atoms with Crippen LogP contribution in [-0.4, -0.2) is 26.6 Å². The fraction of sp³-hybridized carbons (Fsp3) is 0.500. The minimum Gasteiger partial charge on any atom is -0.307 e. The van der Waals surface area contributed by atoms with Crippen molar-refractivity contribution < 1.29 is 0 Å². The molecular formula is C12H18BrN5. The molecule has 2 aromatic heterocycles. The highest BCUT2D eigenvalue weighted by Crippen LogP contribution is 2.29. The molecule has 1 atom stereocenters. The summed E-state index contributed by atoms with van der Waals surface area (Å²) in [4.78, 5) is 0. The Labute approximate surface area is 115 Å². The summed E-state index contributed by atoms with van der Waals surface area (Å²) in [6.45, 7) is 4.25. The van der Waals surface area contributed by atoms with Gasteiger partial charge in [-0.3, -0.25) is 9.36 Å². The van der Waals surface area contributed by atoms with Crippen LogP contribution in [0.1, 0.15) is 37.3 Å². The van der Waals surface area contributed by atoms with Gasteiger partial charge in [0.15, 0.2) is 0 Å². The van der Waals surface area contributed by atoms with E-state index in [-0.39, 0.29) is 6.04 Å². The van der Waals surface area contributed by atoms with Crippen molar-refractivity contribution in [3.63, 3.8) is 0 Å². The number of halogens is 1. The van der Waals surface area contributed by atoms with Crippen molar-refractivity contribution in [3.8, 4) is 0 Å². The Morgan fingerprint density at radius 2 is 2.06 bits per heavy atom. The molecule has 1 N–H and O–H groups in total. The number of rotatable bonds is 4. The van der Waals surface area contributed by atoms with Gasteiger partial charge in [0.2, 0.25) is 0 Å². The van der Waals surface area contributed by atoms with Crippen LogP contribution in [0.5, 0.6) is 0 Å². The van der Waals surface area contributed by atoms with Crippen molar-refractivity contribution in [2.24, 2.45) is 7.05 Å². The highest BCUT2D eigenvalue weighted by Gasteiger charge is 2.23. The Kier molecular flexibility index (Phi) is 3.87. The standard InChI is InChI=1S/C12H18BrN5/c1-8(2)18-12(9(13)7-16-18)11(14-3)10-5-6-15-17(10)4/h5-8,11,14H,1-4H3. The van der Waals surface area contributed by atoms with E-state index in [0.29, 0.717) is 6.04 Å². The minimum atomic E-state index is 0.0665. The minimum absolute atomic E-state index is 0.0665. The van der Waals surface area contributed by atoms with E-state index in [2.05, 4.69) is 45.3 Å². The van der Waals surface area contributed by atoms with Crippen LogP contribution in [0.2, 0.25) is 0 Å². The average Bonchev–Trinajstić information content (AvgIpc) is 2.89. The number of nitrogens with one attached hydrogen (secondary N) is 1. The van der Waals surface area contributed by atoms with Crippen LogP contribution in [-0.2, 0) is 7.05 Å². The van der Waals surface area contributed by atoms with Gasteiger partial charge < -0.3 is 5.32 Å². The zero-order chi connectivity index (χ0) is 13.3. The van der Waals surface area contributed by atoms with Gasteiger partial charge in [-0.2, -0.15) is 10.2 Å². The third kappa shape index (κ3) is 2.22. The van der Waals surface area contributed by atoms with Crippen molar-refractivity contribution in [2.75, 3.05) is 7.05 Å². The van der Waals surface area contributed by atoms with Gasteiger partial charge in [-0.15, -0.1) is 0 Å². The lowest BCUT2D eigenvalue weighted by Crippen LogP contribution is -2.25. The summed E-state index contributed by atoms with van der Waals surface area (Å²) in [6, 6.07) is 2.40. The molecule has 0 amide bonds. The lowest BCUT2D eigenvalue weighted by Gasteiger charge is -2.20. The highest BCUT2D eigenvalue weighted by atomic mass is 79.9. The van der Waals surface area contributed by atoms with Gasteiger partial charge in [-0.1, -0.05) is 0 Å². The third-order valence-corrected chi connectivity index (χ3v) is 3.60. The number of hydrogen-bond acceptors (Lipinski definition) is 3. The second kappa shape index (κ2) is 5.24. The zero-order valence-corrected chi connectivity index (χ0v) is 12.6. The second-order valence-corrected chi connectivity index (χ2v) is 5.37. The van der Waals surface area contributed by atoms with Crippen LogP contribution < -0.4 is 5.32 Å². The van der Waals surface area contributed by atoms with Crippen LogP contribution in [0, 0.1) is 0 Å². The largest absolute Gasteiger partial charge is 0.307 e. The number of aryl methyl sites for hydroxylation is 1. The molecule has 0 radical (unpaired) electrons. The Balaban J connectivity index is 2.52. The van der Waals surface area contributed by atoms with E-state index in [1.54, 1.807) is 0 Å². The maximum atomic E-state index is 4.42. The maximum absolute atomic E-state index is 4.42. The van der Waals surface area contributed by atoms with E-state index < -0.39 is 0 Å². The molecule has 0 aromatic carbocycles. The monoisotopic (exact) mass is 311 g/mol. The van der Waals surface area contributed by atoms with Gasteiger partial charge in [-0.25, -0.2) is 0 Å². The molecule has 2 aromatic rings. The van der Waals surface area contributed by atoms with E-state index in [9.17, 15) is 0 Å². The topological polar surface area (TPSA) is 47.7 Å². The van der Waals surface area contributed by atoms with Gasteiger partial charge in [-0.05, 0) is 42.9 Å². The van der Waals surface area contributed by atoms with E-state index in [0.717, 1.165) is 15.9 Å². The van der Waals surface area contributed by atoms with E-state index in [4.69, 9.17) is 0 Å². The summed E-state index contributed by atoms with van der Waals surface area (Å²) in [5, 5.41) is 12.0. The summed E-state index contributed by atoms with van der Waals surface area (Å²) in [6.07, 6.45) is 3.65. The molecule has 0 saturated carbocycles. The predicted molar refractivity (Wildman–Crippen MR) is 74.4 cm³/mol. The van der Waals surface area contributed by atoms with Gasteiger partial charge in [0.1, 0.15) is 0 Å². The molecule has 6 heteroatoms. The first-order valence-corrected chi connectivity index (χ1v) is 6.73. The normalized spacial score (nSPS) is 13.2. The molecule has 0 fully saturated rings. The van der Waals surface area contributed by atoms with Crippen molar-refractivity contribution in [1.82, 2.24) is 24.9 Å². The van der Waals surface area contributed by atoms with Crippen molar-refractivity contribution >= 4 is 15.9 Å². The predicted octanol–water partition coefficient (Wildman–Crippen LogP) is 2.27. The van der Waals surface area contributed by atoms with Gasteiger partial charge in [0, 0.05) is 19.3 Å². The fourth-order valence-corrected chi connectivity index (χ4v) is 2.63. The van der Waals surface area contributed by atoms with Crippen molar-refractivity contribution in [1.29, 1.82) is 0 Å². The van der Waals surface area contributed by atoms with Crippen molar-refractivity contribution in [2.45, 2.75) is 25.9 Å². The molecule has 2 rings (SSSR count). The first kappa shape index (κ1) is 13.3. The van der Waals surface area contributed by atoms with E-state index in [1.165, 1.54) is 0 Å². The molecule has 5 nitrogen and oxygen atoms in total. The molecule has 0 aliphatic heterocycles. The Morgan fingerprint density at radius 1 is 1.33 bits per heavy atom. The Hall–Kier alpha value is -1.14. The lowest BCUT2D eigenvalue weighted by molar-refractivity contribution is 0.473. The molecule has 0 aliphatic carbocycles. The number of aromatic nitrogens is 4. The summed E-state index contributed by atoms with van der Waals surface area (Å²) < 4.78 is 4.92. The lowest BCUT2D eigenvalue weighted by atomic mass is 10.1. The molecule has 0 bridgehead atoms. The van der Waals surface area contributed by atoms with E-state index in [1.807, 2.05) is 41.9 Å². The van der Waals surface area contributed by atoms with Crippen LogP contribution in [0.4, 0.5) is 0 Å². The SMILES string of the molecule is CNC(c1ccnn1C)c1c(Br)cnn1C(C)C. The average molecular weight is 312 g/mol. The summed E-state index contributed by atoms with van der Waals surface area (Å²) in [5.41, 5.74) is 2.23. The van der Waals surface area contributed by atoms with Crippen LogP contribution in [0.3, 0.4) is 0 Å². The Morgan fingerprint density at radius 3 is 2.56 bits per heavy atom. The first-order chi connectivity index (χ1) is 8.56. The summed E-state index contributed by atoms with van der Waals surface area (Å²) >= 11 is 3.58. The zero-order valence-electron chi connectivity index (χ0n) is 11.1. The molecule has 1 unspecified atom stereocenters. The molecule has 0 aliphatic rings. The number of nitrogens with zero attached hydrogens (tertiary/aromatic N) is 4. The third-order valence-electron chi connectivity index (χ3n) is 2.99. The van der Waals surface area contributed by atoms with Crippen LogP contribution >= 0.6 is 15.9 Å². The Bertz CT molecular complexity index is 528.